The van der Waals surface area contributed by atoms with E-state index in [1.165, 1.54) is 11.3 Å². The van der Waals surface area contributed by atoms with Gasteiger partial charge in [0.15, 0.2) is 0 Å². The molecule has 0 saturated carbocycles. The lowest BCUT2D eigenvalue weighted by molar-refractivity contribution is -0.147. The van der Waals surface area contributed by atoms with Crippen LogP contribution in [-0.4, -0.2) is 15.9 Å². The lowest BCUT2D eigenvalue weighted by atomic mass is 9.92. The summed E-state index contributed by atoms with van der Waals surface area (Å²) in [6.07, 6.45) is 2.14. The highest BCUT2D eigenvalue weighted by atomic mass is 32.1. The predicted molar refractivity (Wildman–Crippen MR) is 79.2 cm³/mol. The first kappa shape index (κ1) is 14.7. The highest BCUT2D eigenvalue weighted by molar-refractivity contribution is 7.13. The largest absolute Gasteiger partial charge is 0.459 e. The molecular formula is C15H18N2O2S. The van der Waals surface area contributed by atoms with E-state index in [0.717, 1.165) is 16.4 Å². The lowest BCUT2D eigenvalue weighted by Crippen LogP contribution is -2.15. The molecule has 0 spiro atoms. The summed E-state index contributed by atoms with van der Waals surface area (Å²) in [6.45, 7) is 6.25. The molecule has 2 aromatic heterocycles. The predicted octanol–water partition coefficient (Wildman–Crippen LogP) is 3.68. The van der Waals surface area contributed by atoms with Crippen molar-refractivity contribution in [3.63, 3.8) is 0 Å². The van der Waals surface area contributed by atoms with Crippen LogP contribution >= 0.6 is 11.3 Å². The minimum Gasteiger partial charge on any atom is -0.459 e. The number of esters is 1. The molecule has 0 N–H and O–H groups in total. The van der Waals surface area contributed by atoms with Gasteiger partial charge in [0.25, 0.3) is 0 Å². The van der Waals surface area contributed by atoms with Crippen LogP contribution in [0.1, 0.15) is 32.9 Å². The fourth-order valence-corrected chi connectivity index (χ4v) is 2.40. The quantitative estimate of drug-likeness (QED) is 0.806. The van der Waals surface area contributed by atoms with E-state index in [2.05, 4.69) is 9.97 Å². The average molecular weight is 290 g/mol. The molecule has 0 fully saturated rings. The molecule has 4 nitrogen and oxygen atoms in total. The second kappa shape index (κ2) is 6.13. The van der Waals surface area contributed by atoms with E-state index < -0.39 is 0 Å². The zero-order valence-electron chi connectivity index (χ0n) is 11.9. The van der Waals surface area contributed by atoms with E-state index in [0.29, 0.717) is 6.42 Å². The molecule has 0 aliphatic heterocycles. The van der Waals surface area contributed by atoms with Crippen molar-refractivity contribution in [1.82, 2.24) is 9.97 Å². The van der Waals surface area contributed by atoms with E-state index in [9.17, 15) is 4.79 Å². The average Bonchev–Trinajstić information content (AvgIpc) is 2.84. The second-order valence-corrected chi connectivity index (χ2v) is 6.62. The third kappa shape index (κ3) is 4.42. The number of aromatic nitrogens is 2. The Morgan fingerprint density at radius 3 is 2.80 bits per heavy atom. The molecule has 5 heteroatoms. The van der Waals surface area contributed by atoms with Crippen LogP contribution in [0, 0.1) is 5.41 Å². The fourth-order valence-electron chi connectivity index (χ4n) is 1.62. The van der Waals surface area contributed by atoms with Gasteiger partial charge in [0, 0.05) is 11.6 Å². The molecule has 0 amide bonds. The van der Waals surface area contributed by atoms with Crippen LogP contribution in [0.4, 0.5) is 0 Å². The molecule has 2 heterocycles. The van der Waals surface area contributed by atoms with E-state index in [4.69, 9.17) is 4.74 Å². The molecule has 0 aliphatic carbocycles. The van der Waals surface area contributed by atoms with Crippen molar-refractivity contribution in [3.8, 4) is 10.7 Å². The van der Waals surface area contributed by atoms with E-state index in [1.807, 2.05) is 44.4 Å². The summed E-state index contributed by atoms with van der Waals surface area (Å²) < 4.78 is 5.24. The Morgan fingerprint density at radius 2 is 2.15 bits per heavy atom. The van der Waals surface area contributed by atoms with E-state index >= 15 is 0 Å². The van der Waals surface area contributed by atoms with Crippen molar-refractivity contribution < 1.29 is 9.53 Å². The standard InChI is InChI=1S/C15H18N2O2S/c1-15(2,3)8-13(18)19-9-11-10-20-14(17-11)12-6-4-5-7-16-12/h4-7,10H,8-9H2,1-3H3. The number of pyridine rings is 1. The molecule has 20 heavy (non-hydrogen) atoms. The maximum absolute atomic E-state index is 11.6. The Labute approximate surface area is 122 Å². The van der Waals surface area contributed by atoms with Crippen LogP contribution in [0.5, 0.6) is 0 Å². The van der Waals surface area contributed by atoms with E-state index in [1.54, 1.807) is 6.20 Å². The van der Waals surface area contributed by atoms with Gasteiger partial charge in [-0.1, -0.05) is 26.8 Å². The topological polar surface area (TPSA) is 52.1 Å². The van der Waals surface area contributed by atoms with Gasteiger partial charge < -0.3 is 4.74 Å². The van der Waals surface area contributed by atoms with Gasteiger partial charge in [-0.2, -0.15) is 0 Å². The highest BCUT2D eigenvalue weighted by Gasteiger charge is 2.17. The highest BCUT2D eigenvalue weighted by Crippen LogP contribution is 2.22. The Morgan fingerprint density at radius 1 is 1.35 bits per heavy atom. The van der Waals surface area contributed by atoms with Gasteiger partial charge in [0.1, 0.15) is 11.6 Å². The Bertz CT molecular complexity index is 573. The molecule has 0 atom stereocenters. The maximum atomic E-state index is 11.6. The minimum atomic E-state index is -0.190. The molecular weight excluding hydrogens is 272 g/mol. The summed E-state index contributed by atoms with van der Waals surface area (Å²) in [5.74, 6) is -0.190. The summed E-state index contributed by atoms with van der Waals surface area (Å²) in [6, 6.07) is 5.70. The number of hydrogen-bond donors (Lipinski definition) is 0. The normalized spacial score (nSPS) is 11.3. The molecule has 0 aromatic carbocycles. The molecule has 0 aliphatic rings. The lowest BCUT2D eigenvalue weighted by Gasteiger charge is -2.16. The molecule has 0 unspecified atom stereocenters. The molecule has 2 rings (SSSR count). The first-order valence-electron chi connectivity index (χ1n) is 6.45. The van der Waals surface area contributed by atoms with Crippen LogP contribution < -0.4 is 0 Å². The number of nitrogens with zero attached hydrogens (tertiary/aromatic N) is 2. The third-order valence-electron chi connectivity index (χ3n) is 2.49. The van der Waals surface area contributed by atoms with Gasteiger partial charge in [-0.25, -0.2) is 4.98 Å². The number of thiazole rings is 1. The van der Waals surface area contributed by atoms with Gasteiger partial charge in [-0.3, -0.25) is 9.78 Å². The monoisotopic (exact) mass is 290 g/mol. The molecule has 2 aromatic rings. The van der Waals surface area contributed by atoms with Crippen molar-refractivity contribution >= 4 is 17.3 Å². The van der Waals surface area contributed by atoms with Crippen molar-refractivity contribution in [2.24, 2.45) is 5.41 Å². The fraction of sp³-hybridized carbons (Fsp3) is 0.400. The first-order chi connectivity index (χ1) is 9.44. The zero-order chi connectivity index (χ0) is 14.6. The molecule has 0 bridgehead atoms. The number of hydrogen-bond acceptors (Lipinski definition) is 5. The van der Waals surface area contributed by atoms with Crippen LogP contribution in [-0.2, 0) is 16.1 Å². The number of carbonyl (C=O) groups is 1. The van der Waals surface area contributed by atoms with Crippen molar-refractivity contribution in [2.75, 3.05) is 0 Å². The van der Waals surface area contributed by atoms with Crippen molar-refractivity contribution in [3.05, 3.63) is 35.5 Å². The number of rotatable bonds is 4. The zero-order valence-corrected chi connectivity index (χ0v) is 12.7. The van der Waals surface area contributed by atoms with Crippen LogP contribution in [0.2, 0.25) is 0 Å². The van der Waals surface area contributed by atoms with Crippen molar-refractivity contribution in [1.29, 1.82) is 0 Å². The molecule has 0 radical (unpaired) electrons. The SMILES string of the molecule is CC(C)(C)CC(=O)OCc1csc(-c2ccccn2)n1. The Balaban J connectivity index is 1.92. The summed E-state index contributed by atoms with van der Waals surface area (Å²) in [4.78, 5) is 20.3. The summed E-state index contributed by atoms with van der Waals surface area (Å²) in [5, 5.41) is 2.74. The van der Waals surface area contributed by atoms with Gasteiger partial charge in [0.05, 0.1) is 17.8 Å². The van der Waals surface area contributed by atoms with Crippen LogP contribution in [0.3, 0.4) is 0 Å². The van der Waals surface area contributed by atoms with Crippen LogP contribution in [0.25, 0.3) is 10.7 Å². The maximum Gasteiger partial charge on any atom is 0.306 e. The summed E-state index contributed by atoms with van der Waals surface area (Å²) >= 11 is 1.50. The minimum absolute atomic E-state index is 0.0573. The second-order valence-electron chi connectivity index (χ2n) is 5.76. The molecule has 106 valence electrons. The Hall–Kier alpha value is -1.75. The Kier molecular flexibility index (Phi) is 4.49. The van der Waals surface area contributed by atoms with E-state index in [-0.39, 0.29) is 18.0 Å². The van der Waals surface area contributed by atoms with Gasteiger partial charge >= 0.3 is 5.97 Å². The van der Waals surface area contributed by atoms with Gasteiger partial charge in [-0.05, 0) is 17.5 Å². The number of carbonyl (C=O) groups excluding carboxylic acids is 1. The summed E-state index contributed by atoms with van der Waals surface area (Å²) in [7, 11) is 0. The van der Waals surface area contributed by atoms with Crippen LogP contribution in [0.15, 0.2) is 29.8 Å². The smallest absolute Gasteiger partial charge is 0.306 e. The van der Waals surface area contributed by atoms with Gasteiger partial charge in [-0.15, -0.1) is 11.3 Å². The van der Waals surface area contributed by atoms with Gasteiger partial charge in [0.2, 0.25) is 0 Å². The summed E-state index contributed by atoms with van der Waals surface area (Å²) in [5.41, 5.74) is 1.54. The number of ether oxygens (including phenoxy) is 1. The third-order valence-corrected chi connectivity index (χ3v) is 3.41. The first-order valence-corrected chi connectivity index (χ1v) is 7.33. The van der Waals surface area contributed by atoms with Crippen molar-refractivity contribution in [2.45, 2.75) is 33.8 Å². The molecule has 0 saturated heterocycles.